The minimum Gasteiger partial charge on any atom is -0.491 e. The van der Waals surface area contributed by atoms with E-state index in [1.807, 2.05) is 65.6 Å². The lowest BCUT2D eigenvalue weighted by Gasteiger charge is -2.25. The van der Waals surface area contributed by atoms with Gasteiger partial charge >= 0.3 is 5.97 Å². The van der Waals surface area contributed by atoms with Crippen molar-refractivity contribution in [1.29, 1.82) is 5.41 Å². The highest BCUT2D eigenvalue weighted by Crippen LogP contribution is 2.28. The molecule has 3 aromatic rings. The average Bonchev–Trinajstić information content (AvgIpc) is 3.50. The van der Waals surface area contributed by atoms with E-state index >= 15 is 0 Å². The number of carbonyl (C=O) groups excluding carboxylic acids is 2. The van der Waals surface area contributed by atoms with Gasteiger partial charge in [-0.3, -0.25) is 15.0 Å². The molecule has 0 aliphatic carbocycles. The molecule has 0 aromatic heterocycles. The van der Waals surface area contributed by atoms with Crippen molar-refractivity contribution in [3.8, 4) is 16.9 Å². The predicted molar refractivity (Wildman–Crippen MR) is 148 cm³/mol. The van der Waals surface area contributed by atoms with Gasteiger partial charge in [-0.15, -0.1) is 0 Å². The molecule has 202 valence electrons. The first-order chi connectivity index (χ1) is 19.0. The number of ether oxygens (including phenoxy) is 2. The molecule has 5 rings (SSSR count). The number of aryl methyl sites for hydroxylation is 1. The molecule has 9 nitrogen and oxygen atoms in total. The van der Waals surface area contributed by atoms with Crippen molar-refractivity contribution in [2.75, 3.05) is 26.4 Å². The first kappa shape index (κ1) is 26.4. The Balaban J connectivity index is 1.28. The number of nitrogen functional groups attached to an aromatic ring is 1. The number of amides is 1. The Morgan fingerprint density at radius 2 is 1.79 bits per heavy atom. The quantitative estimate of drug-likeness (QED) is 0.199. The lowest BCUT2D eigenvalue weighted by molar-refractivity contribution is -0.137. The van der Waals surface area contributed by atoms with Crippen LogP contribution in [0.2, 0.25) is 0 Å². The maximum atomic E-state index is 13.4. The molecule has 2 atom stereocenters. The fourth-order valence-electron chi connectivity index (χ4n) is 5.14. The van der Waals surface area contributed by atoms with E-state index in [4.69, 9.17) is 20.6 Å². The van der Waals surface area contributed by atoms with E-state index in [9.17, 15) is 9.59 Å². The van der Waals surface area contributed by atoms with Crippen molar-refractivity contribution in [3.05, 3.63) is 90.0 Å². The van der Waals surface area contributed by atoms with Gasteiger partial charge in [-0.2, -0.15) is 5.01 Å². The largest absolute Gasteiger partial charge is 0.491 e. The Hall–Kier alpha value is -4.21. The molecule has 2 aliphatic rings. The van der Waals surface area contributed by atoms with Crippen LogP contribution in [-0.4, -0.2) is 66.1 Å². The van der Waals surface area contributed by atoms with Gasteiger partial charge in [0.1, 0.15) is 30.8 Å². The van der Waals surface area contributed by atoms with Gasteiger partial charge in [0.15, 0.2) is 6.73 Å². The first-order valence-electron chi connectivity index (χ1n) is 13.2. The number of carbonyl (C=O) groups is 2. The van der Waals surface area contributed by atoms with Crippen molar-refractivity contribution >= 4 is 17.7 Å². The number of hydrazine groups is 1. The maximum absolute atomic E-state index is 13.4. The fourth-order valence-corrected chi connectivity index (χ4v) is 5.14. The summed E-state index contributed by atoms with van der Waals surface area (Å²) < 4.78 is 11.2. The molecule has 2 aliphatic heterocycles. The predicted octanol–water partition coefficient (Wildman–Crippen LogP) is 2.94. The van der Waals surface area contributed by atoms with Crippen LogP contribution in [0.5, 0.6) is 5.75 Å². The zero-order valence-electron chi connectivity index (χ0n) is 21.7. The number of esters is 1. The number of likely N-dealkylation sites (tertiary alicyclic amines) is 1. The van der Waals surface area contributed by atoms with Gasteiger partial charge in [0.05, 0.1) is 6.04 Å². The molecule has 2 heterocycles. The monoisotopic (exact) mass is 527 g/mol. The number of nitrogens with two attached hydrogens (primary N) is 1. The summed E-state index contributed by atoms with van der Waals surface area (Å²) in [5.74, 6) is 0.226. The van der Waals surface area contributed by atoms with E-state index in [1.165, 1.54) is 5.56 Å². The Kier molecular flexibility index (Phi) is 8.19. The summed E-state index contributed by atoms with van der Waals surface area (Å²) in [7, 11) is 0. The highest BCUT2D eigenvalue weighted by atomic mass is 16.6. The average molecular weight is 528 g/mol. The molecule has 0 bridgehead atoms. The van der Waals surface area contributed by atoms with Gasteiger partial charge in [0, 0.05) is 12.1 Å². The first-order valence-corrected chi connectivity index (χ1v) is 13.2. The third-order valence-corrected chi connectivity index (χ3v) is 7.09. The molecular weight excluding hydrogens is 494 g/mol. The van der Waals surface area contributed by atoms with Crippen LogP contribution < -0.4 is 15.9 Å². The van der Waals surface area contributed by atoms with Gasteiger partial charge in [-0.1, -0.05) is 60.7 Å². The van der Waals surface area contributed by atoms with Crippen LogP contribution in [0.1, 0.15) is 24.0 Å². The molecule has 2 saturated heterocycles. The molecule has 9 heteroatoms. The highest BCUT2D eigenvalue weighted by Gasteiger charge is 2.41. The van der Waals surface area contributed by atoms with Crippen LogP contribution in [-0.2, 0) is 20.7 Å². The number of cyclic esters (lactones) is 1. The van der Waals surface area contributed by atoms with E-state index in [1.54, 1.807) is 11.1 Å². The Bertz CT molecular complexity index is 1320. The zero-order chi connectivity index (χ0) is 27.2. The van der Waals surface area contributed by atoms with Crippen LogP contribution in [0.4, 0.5) is 0 Å². The normalized spacial score (nSPS) is 19.3. The molecule has 2 fully saturated rings. The molecule has 39 heavy (non-hydrogen) atoms. The molecule has 0 radical (unpaired) electrons. The van der Waals surface area contributed by atoms with Crippen LogP contribution in [0, 0.1) is 5.41 Å². The number of nitrogens with one attached hydrogen (secondary N) is 2. The van der Waals surface area contributed by atoms with E-state index in [0.29, 0.717) is 30.9 Å². The molecule has 1 amide bonds. The van der Waals surface area contributed by atoms with Crippen molar-refractivity contribution in [2.45, 2.75) is 31.3 Å². The van der Waals surface area contributed by atoms with Crippen LogP contribution >= 0.6 is 0 Å². The van der Waals surface area contributed by atoms with Crippen molar-refractivity contribution < 1.29 is 19.1 Å². The minimum atomic E-state index is -0.460. The molecule has 4 N–H and O–H groups in total. The number of hydrogen-bond donors (Lipinski definition) is 3. The Labute approximate surface area is 228 Å². The van der Waals surface area contributed by atoms with Crippen molar-refractivity contribution in [3.63, 3.8) is 0 Å². The van der Waals surface area contributed by atoms with Crippen molar-refractivity contribution in [1.82, 2.24) is 15.3 Å². The van der Waals surface area contributed by atoms with E-state index in [-0.39, 0.29) is 37.0 Å². The molecule has 0 unspecified atom stereocenters. The van der Waals surface area contributed by atoms with Crippen LogP contribution in [0.15, 0.2) is 78.9 Å². The molecule has 0 spiro atoms. The Morgan fingerprint density at radius 1 is 1.05 bits per heavy atom. The zero-order valence-corrected chi connectivity index (χ0v) is 21.7. The summed E-state index contributed by atoms with van der Waals surface area (Å²) in [4.78, 5) is 26.8. The van der Waals surface area contributed by atoms with E-state index in [2.05, 4.69) is 17.6 Å². The van der Waals surface area contributed by atoms with Gasteiger partial charge < -0.3 is 20.1 Å². The lowest BCUT2D eigenvalue weighted by Crippen LogP contribution is -2.47. The number of amidine groups is 1. The molecule has 0 saturated carbocycles. The van der Waals surface area contributed by atoms with Gasteiger partial charge in [-0.05, 0) is 54.2 Å². The van der Waals surface area contributed by atoms with Gasteiger partial charge in [-0.25, -0.2) is 5.43 Å². The SMILES string of the molecule is N=C(N)c1cc(OC[C@@H]2C[C@@H](NN3COC(=O)C3)C(=O)N2CCCc2ccccc2)ccc1-c1ccccc1. The molecule has 3 aromatic carbocycles. The van der Waals surface area contributed by atoms with Crippen LogP contribution in [0.25, 0.3) is 11.1 Å². The fraction of sp³-hybridized carbons (Fsp3) is 0.300. The second-order valence-electron chi connectivity index (χ2n) is 9.83. The molecular formula is C30H33N5O4. The number of nitrogens with zero attached hydrogens (tertiary/aromatic N) is 2. The third kappa shape index (κ3) is 6.45. The minimum absolute atomic E-state index is 0.0140. The second kappa shape index (κ2) is 12.1. The van der Waals surface area contributed by atoms with E-state index in [0.717, 1.165) is 24.0 Å². The van der Waals surface area contributed by atoms with Gasteiger partial charge in [0.2, 0.25) is 5.91 Å². The number of benzene rings is 3. The summed E-state index contributed by atoms with van der Waals surface area (Å²) in [5, 5.41) is 9.73. The Morgan fingerprint density at radius 3 is 2.49 bits per heavy atom. The standard InChI is InChI=1S/C30H33N5O4/c31-29(32)26-17-24(13-14-25(26)22-11-5-2-6-12-22)38-19-23-16-27(33-34-18-28(36)39-20-34)30(37)35(23)15-7-10-21-8-3-1-4-9-21/h1-6,8-9,11-14,17,23,27,33H,7,10,15-16,18-20H2,(H3,31,32)/t23-,27+/m0/s1. The second-order valence-corrected chi connectivity index (χ2v) is 9.83. The summed E-state index contributed by atoms with van der Waals surface area (Å²) >= 11 is 0. The summed E-state index contributed by atoms with van der Waals surface area (Å²) in [6.07, 6.45) is 2.23. The van der Waals surface area contributed by atoms with Gasteiger partial charge in [0.25, 0.3) is 0 Å². The maximum Gasteiger partial charge on any atom is 0.323 e. The highest BCUT2D eigenvalue weighted by molar-refractivity contribution is 6.02. The third-order valence-electron chi connectivity index (χ3n) is 7.09. The van der Waals surface area contributed by atoms with E-state index < -0.39 is 6.04 Å². The lowest BCUT2D eigenvalue weighted by atomic mass is 9.99. The van der Waals surface area contributed by atoms with Crippen LogP contribution in [0.3, 0.4) is 0 Å². The van der Waals surface area contributed by atoms with Crippen molar-refractivity contribution in [2.24, 2.45) is 5.73 Å². The summed E-state index contributed by atoms with van der Waals surface area (Å²) in [6, 6.07) is 25.0. The summed E-state index contributed by atoms with van der Waals surface area (Å²) in [6.45, 7) is 1.13. The number of rotatable bonds is 11. The summed E-state index contributed by atoms with van der Waals surface area (Å²) in [5.41, 5.74) is 12.7. The topological polar surface area (TPSA) is 121 Å². The smallest absolute Gasteiger partial charge is 0.323 e. The number of hydrogen-bond acceptors (Lipinski definition) is 7.